The number of nitrogens with two attached hydrogens (primary N) is 1. The zero-order valence-electron chi connectivity index (χ0n) is 9.01. The summed E-state index contributed by atoms with van der Waals surface area (Å²) in [6.45, 7) is 0. The highest BCUT2D eigenvalue weighted by Gasteiger charge is 2.14. The van der Waals surface area contributed by atoms with Gasteiger partial charge in [0.2, 0.25) is 0 Å². The maximum atomic E-state index is 6.01. The molecule has 2 aromatic heterocycles. The first kappa shape index (κ1) is 11.3. The molecule has 0 bridgehead atoms. The van der Waals surface area contributed by atoms with Gasteiger partial charge in [0.15, 0.2) is 11.5 Å². The standard InChI is InChI=1S/C11H7Cl2N5/c12-6-3-7(10(14)8(13)4-6)11-17-16-9-5-15-1-2-18(9)11/h1-5H,14H2. The van der Waals surface area contributed by atoms with Crippen LogP contribution in [-0.4, -0.2) is 19.6 Å². The molecule has 0 radical (unpaired) electrons. The normalized spacial score (nSPS) is 11.0. The summed E-state index contributed by atoms with van der Waals surface area (Å²) in [4.78, 5) is 3.97. The van der Waals surface area contributed by atoms with Crippen molar-refractivity contribution >= 4 is 34.5 Å². The number of nitrogen functional groups attached to an aromatic ring is 1. The van der Waals surface area contributed by atoms with Crippen molar-refractivity contribution in [1.82, 2.24) is 19.6 Å². The lowest BCUT2D eigenvalue weighted by Gasteiger charge is -2.06. The van der Waals surface area contributed by atoms with Crippen LogP contribution in [0.2, 0.25) is 10.0 Å². The van der Waals surface area contributed by atoms with Crippen molar-refractivity contribution in [2.75, 3.05) is 5.73 Å². The van der Waals surface area contributed by atoms with E-state index >= 15 is 0 Å². The van der Waals surface area contributed by atoms with Crippen LogP contribution in [0.15, 0.2) is 30.7 Å². The Morgan fingerprint density at radius 3 is 2.83 bits per heavy atom. The van der Waals surface area contributed by atoms with Crippen molar-refractivity contribution in [1.29, 1.82) is 0 Å². The van der Waals surface area contributed by atoms with Gasteiger partial charge in [-0.25, -0.2) is 0 Å². The number of fused-ring (bicyclic) bond motifs is 1. The highest BCUT2D eigenvalue weighted by Crippen LogP contribution is 2.33. The summed E-state index contributed by atoms with van der Waals surface area (Å²) in [6, 6.07) is 3.30. The van der Waals surface area contributed by atoms with E-state index in [9.17, 15) is 0 Å². The Morgan fingerprint density at radius 1 is 1.17 bits per heavy atom. The zero-order chi connectivity index (χ0) is 12.7. The van der Waals surface area contributed by atoms with Crippen LogP contribution < -0.4 is 5.73 Å². The highest BCUT2D eigenvalue weighted by atomic mass is 35.5. The quantitative estimate of drug-likeness (QED) is 0.696. The summed E-state index contributed by atoms with van der Waals surface area (Å²) in [5.41, 5.74) is 7.64. The zero-order valence-corrected chi connectivity index (χ0v) is 10.5. The fourth-order valence-electron chi connectivity index (χ4n) is 1.71. The molecule has 0 atom stereocenters. The lowest BCUT2D eigenvalue weighted by Crippen LogP contribution is -1.96. The molecule has 0 spiro atoms. The number of hydrogen-bond acceptors (Lipinski definition) is 4. The Bertz CT molecular complexity index is 737. The second-order valence-corrected chi connectivity index (χ2v) is 4.52. The Kier molecular flexibility index (Phi) is 2.57. The molecular weight excluding hydrogens is 273 g/mol. The van der Waals surface area contributed by atoms with Crippen molar-refractivity contribution in [3.8, 4) is 11.4 Å². The van der Waals surface area contributed by atoms with Gasteiger partial charge in [-0.2, -0.15) is 0 Å². The summed E-state index contributed by atoms with van der Waals surface area (Å²) >= 11 is 12.0. The molecule has 3 rings (SSSR count). The second kappa shape index (κ2) is 4.12. The van der Waals surface area contributed by atoms with E-state index < -0.39 is 0 Å². The number of halogens is 2. The third kappa shape index (κ3) is 1.68. The number of benzene rings is 1. The summed E-state index contributed by atoms with van der Waals surface area (Å²) in [5, 5.41) is 8.98. The molecule has 1 aromatic carbocycles. The van der Waals surface area contributed by atoms with Crippen LogP contribution in [0.1, 0.15) is 0 Å². The number of nitrogens with zero attached hydrogens (tertiary/aromatic N) is 4. The first-order valence-corrected chi connectivity index (χ1v) is 5.82. The minimum absolute atomic E-state index is 0.392. The highest BCUT2D eigenvalue weighted by molar-refractivity contribution is 6.37. The Balaban J connectivity index is 2.33. The number of aromatic nitrogens is 4. The molecule has 0 aliphatic heterocycles. The van der Waals surface area contributed by atoms with Crippen LogP contribution in [0.3, 0.4) is 0 Å². The molecule has 18 heavy (non-hydrogen) atoms. The smallest absolute Gasteiger partial charge is 0.179 e. The molecule has 0 fully saturated rings. The van der Waals surface area contributed by atoms with Gasteiger partial charge in [0, 0.05) is 23.0 Å². The molecule has 2 N–H and O–H groups in total. The minimum atomic E-state index is 0.392. The minimum Gasteiger partial charge on any atom is -0.397 e. The molecule has 0 amide bonds. The summed E-state index contributed by atoms with van der Waals surface area (Å²) < 4.78 is 1.77. The predicted molar refractivity (Wildman–Crippen MR) is 70.7 cm³/mol. The fourth-order valence-corrected chi connectivity index (χ4v) is 2.20. The average Bonchev–Trinajstić information content (AvgIpc) is 2.77. The van der Waals surface area contributed by atoms with E-state index in [0.717, 1.165) is 0 Å². The van der Waals surface area contributed by atoms with Crippen LogP contribution >= 0.6 is 23.2 Å². The van der Waals surface area contributed by atoms with Gasteiger partial charge in [-0.3, -0.25) is 9.38 Å². The Morgan fingerprint density at radius 2 is 2.00 bits per heavy atom. The maximum Gasteiger partial charge on any atom is 0.179 e. The third-order valence-electron chi connectivity index (χ3n) is 2.55. The monoisotopic (exact) mass is 279 g/mol. The van der Waals surface area contributed by atoms with Crippen molar-refractivity contribution < 1.29 is 0 Å². The van der Waals surface area contributed by atoms with E-state index in [0.29, 0.717) is 32.8 Å². The topological polar surface area (TPSA) is 69.1 Å². The van der Waals surface area contributed by atoms with Crippen LogP contribution in [0, 0.1) is 0 Å². The maximum absolute atomic E-state index is 6.01. The van der Waals surface area contributed by atoms with Crippen molar-refractivity contribution in [2.45, 2.75) is 0 Å². The van der Waals surface area contributed by atoms with Gasteiger partial charge < -0.3 is 5.73 Å². The van der Waals surface area contributed by atoms with Gasteiger partial charge in [-0.15, -0.1) is 10.2 Å². The van der Waals surface area contributed by atoms with E-state index in [4.69, 9.17) is 28.9 Å². The van der Waals surface area contributed by atoms with E-state index in [1.165, 1.54) is 0 Å². The molecule has 0 aliphatic carbocycles. The molecule has 3 aromatic rings. The predicted octanol–water partition coefficient (Wildman–Crippen LogP) is 2.68. The lowest BCUT2D eigenvalue weighted by atomic mass is 10.1. The molecule has 5 nitrogen and oxygen atoms in total. The van der Waals surface area contributed by atoms with E-state index in [1.807, 2.05) is 0 Å². The van der Waals surface area contributed by atoms with Gasteiger partial charge in [0.1, 0.15) is 0 Å². The molecule has 7 heteroatoms. The van der Waals surface area contributed by atoms with E-state index in [2.05, 4.69) is 15.2 Å². The van der Waals surface area contributed by atoms with Crippen LogP contribution in [0.5, 0.6) is 0 Å². The first-order valence-electron chi connectivity index (χ1n) is 5.06. The largest absolute Gasteiger partial charge is 0.397 e. The first-order chi connectivity index (χ1) is 8.66. The molecule has 90 valence electrons. The van der Waals surface area contributed by atoms with Gasteiger partial charge in [-0.05, 0) is 12.1 Å². The van der Waals surface area contributed by atoms with Crippen molar-refractivity contribution in [2.24, 2.45) is 0 Å². The summed E-state index contributed by atoms with van der Waals surface area (Å²) in [5.74, 6) is 0.578. The number of hydrogen-bond donors (Lipinski definition) is 1. The van der Waals surface area contributed by atoms with Crippen LogP contribution in [0.4, 0.5) is 5.69 Å². The summed E-state index contributed by atoms with van der Waals surface area (Å²) in [7, 11) is 0. The Labute approximate surface area is 112 Å². The van der Waals surface area contributed by atoms with E-state index in [1.54, 1.807) is 35.1 Å². The molecule has 0 saturated heterocycles. The molecule has 0 saturated carbocycles. The van der Waals surface area contributed by atoms with Gasteiger partial charge in [-0.1, -0.05) is 23.2 Å². The van der Waals surface area contributed by atoms with Gasteiger partial charge in [0.25, 0.3) is 0 Å². The van der Waals surface area contributed by atoms with Gasteiger partial charge in [0.05, 0.1) is 16.9 Å². The molecular formula is C11H7Cl2N5. The lowest BCUT2D eigenvalue weighted by molar-refractivity contribution is 1.11. The number of anilines is 1. The second-order valence-electron chi connectivity index (χ2n) is 3.68. The van der Waals surface area contributed by atoms with Gasteiger partial charge >= 0.3 is 0 Å². The van der Waals surface area contributed by atoms with Crippen molar-refractivity contribution in [3.05, 3.63) is 40.8 Å². The Hall–Kier alpha value is -1.85. The molecule has 2 heterocycles. The molecule has 0 unspecified atom stereocenters. The fraction of sp³-hybridized carbons (Fsp3) is 0. The SMILES string of the molecule is Nc1c(Cl)cc(Cl)cc1-c1nnc2cnccn12. The van der Waals surface area contributed by atoms with E-state index in [-0.39, 0.29) is 0 Å². The summed E-state index contributed by atoms with van der Waals surface area (Å²) in [6.07, 6.45) is 5.00. The van der Waals surface area contributed by atoms with Crippen LogP contribution in [-0.2, 0) is 0 Å². The molecule has 0 aliphatic rings. The third-order valence-corrected chi connectivity index (χ3v) is 3.08. The van der Waals surface area contributed by atoms with Crippen molar-refractivity contribution in [3.63, 3.8) is 0 Å². The average molecular weight is 280 g/mol. The van der Waals surface area contributed by atoms with Crippen LogP contribution in [0.25, 0.3) is 17.0 Å². The number of rotatable bonds is 1.